The van der Waals surface area contributed by atoms with E-state index in [9.17, 15) is 18.0 Å². The molecule has 1 aromatic carbocycles. The standard InChI is InChI=1S/C20H17F3N4O2/c1-12-18-16(6-7-17(25-18)13-4-3-5-15(8-13)29-2)19(28)27(12)14-9-24-26(10-14)11-20(21,22)23/h3-10,12H,11H2,1-2H3. The average molecular weight is 402 g/mol. The van der Waals surface area contributed by atoms with Gasteiger partial charge in [-0.1, -0.05) is 12.1 Å². The molecular formula is C20H17F3N4O2. The van der Waals surface area contributed by atoms with Gasteiger partial charge in [-0.15, -0.1) is 0 Å². The summed E-state index contributed by atoms with van der Waals surface area (Å²) in [5.41, 5.74) is 2.81. The van der Waals surface area contributed by atoms with E-state index in [4.69, 9.17) is 4.74 Å². The minimum absolute atomic E-state index is 0.299. The second kappa shape index (κ2) is 6.91. The van der Waals surface area contributed by atoms with Crippen LogP contribution in [0.3, 0.4) is 0 Å². The minimum atomic E-state index is -4.39. The normalized spacial score (nSPS) is 16.2. The third-order valence-corrected chi connectivity index (χ3v) is 4.76. The number of aromatic nitrogens is 3. The molecule has 0 saturated heterocycles. The van der Waals surface area contributed by atoms with Gasteiger partial charge in [0.2, 0.25) is 0 Å². The highest BCUT2D eigenvalue weighted by molar-refractivity contribution is 6.10. The van der Waals surface area contributed by atoms with Gasteiger partial charge in [-0.2, -0.15) is 18.3 Å². The van der Waals surface area contributed by atoms with Crippen LogP contribution in [0.2, 0.25) is 0 Å². The Bertz CT molecular complexity index is 1080. The van der Waals surface area contributed by atoms with Crippen LogP contribution in [0.5, 0.6) is 5.75 Å². The molecule has 1 aliphatic rings. The van der Waals surface area contributed by atoms with Crippen LogP contribution in [0.4, 0.5) is 18.9 Å². The Balaban J connectivity index is 1.66. The van der Waals surface area contributed by atoms with Crippen LogP contribution in [0, 0.1) is 0 Å². The van der Waals surface area contributed by atoms with Crippen molar-refractivity contribution in [2.75, 3.05) is 12.0 Å². The molecular weight excluding hydrogens is 385 g/mol. The van der Waals surface area contributed by atoms with Crippen molar-refractivity contribution in [2.24, 2.45) is 0 Å². The van der Waals surface area contributed by atoms with Crippen LogP contribution in [0.15, 0.2) is 48.8 Å². The fraction of sp³-hybridized carbons (Fsp3) is 0.250. The number of alkyl halides is 3. The molecule has 9 heteroatoms. The Kier molecular flexibility index (Phi) is 4.52. The first-order valence-electron chi connectivity index (χ1n) is 8.85. The molecule has 0 fully saturated rings. The molecule has 1 unspecified atom stereocenters. The number of hydrogen-bond donors (Lipinski definition) is 0. The molecule has 3 heterocycles. The SMILES string of the molecule is COc1cccc(-c2ccc3c(n2)C(C)N(c2cnn(CC(F)(F)F)c2)C3=O)c1. The second-order valence-corrected chi connectivity index (χ2v) is 6.72. The molecule has 1 amide bonds. The van der Waals surface area contributed by atoms with Crippen LogP contribution in [0.25, 0.3) is 11.3 Å². The summed E-state index contributed by atoms with van der Waals surface area (Å²) >= 11 is 0. The van der Waals surface area contributed by atoms with Crippen molar-refractivity contribution in [3.05, 3.63) is 60.0 Å². The summed E-state index contributed by atoms with van der Waals surface area (Å²) in [5, 5.41) is 3.73. The van der Waals surface area contributed by atoms with E-state index in [-0.39, 0.29) is 5.91 Å². The predicted octanol–water partition coefficient (Wildman–Crippen LogP) is 4.24. The zero-order valence-electron chi connectivity index (χ0n) is 15.6. The van der Waals surface area contributed by atoms with Crippen molar-refractivity contribution < 1.29 is 22.7 Å². The molecule has 3 aromatic rings. The quantitative estimate of drug-likeness (QED) is 0.655. The van der Waals surface area contributed by atoms with Gasteiger partial charge in [-0.3, -0.25) is 14.4 Å². The van der Waals surface area contributed by atoms with Gasteiger partial charge >= 0.3 is 6.18 Å². The molecule has 2 aromatic heterocycles. The van der Waals surface area contributed by atoms with E-state index in [2.05, 4.69) is 10.1 Å². The van der Waals surface area contributed by atoms with E-state index < -0.39 is 18.8 Å². The number of hydrogen-bond acceptors (Lipinski definition) is 4. The molecule has 4 rings (SSSR count). The predicted molar refractivity (Wildman–Crippen MR) is 99.7 cm³/mol. The zero-order valence-corrected chi connectivity index (χ0v) is 15.6. The molecule has 1 atom stereocenters. The summed E-state index contributed by atoms with van der Waals surface area (Å²) in [4.78, 5) is 18.9. The summed E-state index contributed by atoms with van der Waals surface area (Å²) in [6.07, 6.45) is -1.91. The zero-order chi connectivity index (χ0) is 20.8. The fourth-order valence-electron chi connectivity index (χ4n) is 3.43. The number of fused-ring (bicyclic) bond motifs is 1. The number of pyridine rings is 1. The van der Waals surface area contributed by atoms with E-state index in [1.807, 2.05) is 24.3 Å². The number of halogens is 3. The van der Waals surface area contributed by atoms with E-state index >= 15 is 0 Å². The first-order chi connectivity index (χ1) is 13.8. The Morgan fingerprint density at radius 1 is 1.21 bits per heavy atom. The Morgan fingerprint density at radius 2 is 2.00 bits per heavy atom. The van der Waals surface area contributed by atoms with Crippen molar-refractivity contribution in [3.8, 4) is 17.0 Å². The second-order valence-electron chi connectivity index (χ2n) is 6.72. The summed E-state index contributed by atoms with van der Waals surface area (Å²) in [7, 11) is 1.58. The molecule has 1 aliphatic heterocycles. The Hall–Kier alpha value is -3.36. The summed E-state index contributed by atoms with van der Waals surface area (Å²) in [6.45, 7) is 0.571. The lowest BCUT2D eigenvalue weighted by atomic mass is 10.1. The number of ether oxygens (including phenoxy) is 1. The largest absolute Gasteiger partial charge is 0.497 e. The highest BCUT2D eigenvalue weighted by Crippen LogP contribution is 2.37. The van der Waals surface area contributed by atoms with E-state index in [1.54, 1.807) is 26.2 Å². The number of carbonyl (C=O) groups excluding carboxylic acids is 1. The molecule has 0 aliphatic carbocycles. The first kappa shape index (κ1) is 19.0. The number of nitrogens with zero attached hydrogens (tertiary/aromatic N) is 4. The third kappa shape index (κ3) is 3.55. The lowest BCUT2D eigenvalue weighted by molar-refractivity contribution is -0.142. The van der Waals surface area contributed by atoms with Gasteiger partial charge in [0.15, 0.2) is 0 Å². The van der Waals surface area contributed by atoms with Gasteiger partial charge in [0, 0.05) is 11.8 Å². The van der Waals surface area contributed by atoms with Gasteiger partial charge in [-0.25, -0.2) is 4.98 Å². The monoisotopic (exact) mass is 402 g/mol. The molecule has 0 bridgehead atoms. The van der Waals surface area contributed by atoms with E-state index in [0.29, 0.717) is 28.4 Å². The van der Waals surface area contributed by atoms with Crippen molar-refractivity contribution >= 4 is 11.6 Å². The summed E-state index contributed by atoms with van der Waals surface area (Å²) < 4.78 is 43.8. The Morgan fingerprint density at radius 3 is 2.72 bits per heavy atom. The molecule has 6 nitrogen and oxygen atoms in total. The molecule has 0 spiro atoms. The van der Waals surface area contributed by atoms with Gasteiger partial charge in [0.05, 0.1) is 42.0 Å². The van der Waals surface area contributed by atoms with Crippen LogP contribution >= 0.6 is 0 Å². The highest BCUT2D eigenvalue weighted by Gasteiger charge is 2.37. The number of anilines is 1. The number of methoxy groups -OCH3 is 1. The third-order valence-electron chi connectivity index (χ3n) is 4.76. The maximum Gasteiger partial charge on any atom is 0.408 e. The van der Waals surface area contributed by atoms with Gasteiger partial charge in [0.25, 0.3) is 5.91 Å². The topological polar surface area (TPSA) is 60.2 Å². The maximum absolute atomic E-state index is 12.9. The van der Waals surface area contributed by atoms with E-state index in [0.717, 1.165) is 10.2 Å². The van der Waals surface area contributed by atoms with Crippen LogP contribution in [0.1, 0.15) is 29.0 Å². The smallest absolute Gasteiger partial charge is 0.408 e. The highest BCUT2D eigenvalue weighted by atomic mass is 19.4. The number of carbonyl (C=O) groups is 1. The van der Waals surface area contributed by atoms with Crippen molar-refractivity contribution in [3.63, 3.8) is 0 Å². The minimum Gasteiger partial charge on any atom is -0.497 e. The van der Waals surface area contributed by atoms with Crippen LogP contribution in [-0.4, -0.2) is 34.0 Å². The van der Waals surface area contributed by atoms with Gasteiger partial charge < -0.3 is 4.74 Å². The molecule has 29 heavy (non-hydrogen) atoms. The van der Waals surface area contributed by atoms with Crippen molar-refractivity contribution in [2.45, 2.75) is 25.7 Å². The first-order valence-corrected chi connectivity index (χ1v) is 8.85. The maximum atomic E-state index is 12.9. The lowest BCUT2D eigenvalue weighted by Crippen LogP contribution is -2.26. The van der Waals surface area contributed by atoms with Crippen LogP contribution in [-0.2, 0) is 6.54 Å². The van der Waals surface area contributed by atoms with E-state index in [1.165, 1.54) is 17.3 Å². The van der Waals surface area contributed by atoms with Gasteiger partial charge in [-0.05, 0) is 31.2 Å². The number of rotatable bonds is 4. The average Bonchev–Trinajstić information content (AvgIpc) is 3.22. The number of benzene rings is 1. The van der Waals surface area contributed by atoms with Crippen LogP contribution < -0.4 is 9.64 Å². The summed E-state index contributed by atoms with van der Waals surface area (Å²) in [5.74, 6) is 0.372. The Labute approximate surface area is 164 Å². The van der Waals surface area contributed by atoms with Gasteiger partial charge in [0.1, 0.15) is 12.3 Å². The molecule has 0 N–H and O–H groups in total. The molecule has 0 saturated carbocycles. The number of amides is 1. The lowest BCUT2D eigenvalue weighted by Gasteiger charge is -2.19. The van der Waals surface area contributed by atoms with Crippen molar-refractivity contribution in [1.29, 1.82) is 0 Å². The van der Waals surface area contributed by atoms with Crippen molar-refractivity contribution in [1.82, 2.24) is 14.8 Å². The molecule has 0 radical (unpaired) electrons. The summed E-state index contributed by atoms with van der Waals surface area (Å²) in [6, 6.07) is 10.4. The fourth-order valence-corrected chi connectivity index (χ4v) is 3.43. The molecule has 150 valence electrons.